The van der Waals surface area contributed by atoms with Gasteiger partial charge in [0, 0.05) is 44.2 Å². The van der Waals surface area contributed by atoms with Crippen molar-refractivity contribution in [1.29, 1.82) is 0 Å². The Hall–Kier alpha value is -3.15. The molecule has 6 heteroatoms. The maximum absolute atomic E-state index is 12.0. The maximum Gasteiger partial charge on any atom is 0.251 e. The standard InChI is InChI=1S/C22H27N3O3/c1-18(26)25(16-8-14-23-21(27)19-10-4-2-5-11-19)17-9-15-24-22(28)20-12-6-3-7-13-20/h2-7,10-13H,8-9,14-17H2,1H3,(H,23,27)(H,24,28). The molecule has 0 atom stereocenters. The number of benzene rings is 2. The van der Waals surface area contributed by atoms with Gasteiger partial charge < -0.3 is 15.5 Å². The molecule has 0 unspecified atom stereocenters. The predicted molar refractivity (Wildman–Crippen MR) is 109 cm³/mol. The van der Waals surface area contributed by atoms with Gasteiger partial charge >= 0.3 is 0 Å². The van der Waals surface area contributed by atoms with Crippen LogP contribution in [0.15, 0.2) is 60.7 Å². The lowest BCUT2D eigenvalue weighted by molar-refractivity contribution is -0.128. The first kappa shape index (κ1) is 21.2. The molecule has 2 N–H and O–H groups in total. The summed E-state index contributed by atoms with van der Waals surface area (Å²) in [5, 5.41) is 5.72. The second-order valence-electron chi connectivity index (χ2n) is 6.46. The summed E-state index contributed by atoms with van der Waals surface area (Å²) in [4.78, 5) is 37.5. The van der Waals surface area contributed by atoms with E-state index in [0.717, 1.165) is 0 Å². The number of amides is 3. The van der Waals surface area contributed by atoms with Gasteiger partial charge in [-0.05, 0) is 37.1 Å². The molecule has 0 fully saturated rings. The molecule has 0 aromatic heterocycles. The van der Waals surface area contributed by atoms with Crippen LogP contribution in [-0.4, -0.2) is 48.8 Å². The number of rotatable bonds is 10. The highest BCUT2D eigenvalue weighted by Gasteiger charge is 2.10. The number of hydrogen-bond donors (Lipinski definition) is 2. The van der Waals surface area contributed by atoms with E-state index < -0.39 is 0 Å². The summed E-state index contributed by atoms with van der Waals surface area (Å²) in [6.07, 6.45) is 1.35. The first-order valence-electron chi connectivity index (χ1n) is 9.50. The quantitative estimate of drug-likeness (QED) is 0.621. The average molecular weight is 381 g/mol. The summed E-state index contributed by atoms with van der Waals surface area (Å²) in [6.45, 7) is 3.67. The molecule has 0 aliphatic rings. The Balaban J connectivity index is 1.64. The Bertz CT molecular complexity index is 704. The number of nitrogens with one attached hydrogen (secondary N) is 2. The summed E-state index contributed by atoms with van der Waals surface area (Å²) < 4.78 is 0. The summed E-state index contributed by atoms with van der Waals surface area (Å²) in [5.41, 5.74) is 1.25. The van der Waals surface area contributed by atoms with Gasteiger partial charge in [0.05, 0.1) is 0 Å². The van der Waals surface area contributed by atoms with Crippen LogP contribution in [0.1, 0.15) is 40.5 Å². The van der Waals surface area contributed by atoms with Crippen molar-refractivity contribution >= 4 is 17.7 Å². The maximum atomic E-state index is 12.0. The van der Waals surface area contributed by atoms with Crippen molar-refractivity contribution in [1.82, 2.24) is 15.5 Å². The van der Waals surface area contributed by atoms with E-state index in [1.54, 1.807) is 29.2 Å². The third-order valence-electron chi connectivity index (χ3n) is 4.30. The molecule has 0 aliphatic heterocycles. The minimum absolute atomic E-state index is 0.0104. The van der Waals surface area contributed by atoms with E-state index in [0.29, 0.717) is 50.1 Å². The second kappa shape index (κ2) is 11.5. The van der Waals surface area contributed by atoms with Crippen LogP contribution in [-0.2, 0) is 4.79 Å². The van der Waals surface area contributed by atoms with E-state index >= 15 is 0 Å². The Kier molecular flexibility index (Phi) is 8.72. The molecule has 2 rings (SSSR count). The molecule has 0 heterocycles. The fourth-order valence-corrected chi connectivity index (χ4v) is 2.75. The molecule has 148 valence electrons. The van der Waals surface area contributed by atoms with Crippen LogP contribution in [0.2, 0.25) is 0 Å². The highest BCUT2D eigenvalue weighted by Crippen LogP contribution is 2.00. The SMILES string of the molecule is CC(=O)N(CCCNC(=O)c1ccccc1)CCCNC(=O)c1ccccc1. The lowest BCUT2D eigenvalue weighted by Gasteiger charge is -2.21. The van der Waals surface area contributed by atoms with Crippen LogP contribution in [0.3, 0.4) is 0 Å². The highest BCUT2D eigenvalue weighted by atomic mass is 16.2. The van der Waals surface area contributed by atoms with Gasteiger partial charge in [-0.15, -0.1) is 0 Å². The van der Waals surface area contributed by atoms with Crippen molar-refractivity contribution in [2.24, 2.45) is 0 Å². The summed E-state index contributed by atoms with van der Waals surface area (Å²) >= 11 is 0. The van der Waals surface area contributed by atoms with Crippen LogP contribution in [0, 0.1) is 0 Å². The van der Waals surface area contributed by atoms with Crippen LogP contribution >= 0.6 is 0 Å². The van der Waals surface area contributed by atoms with Crippen molar-refractivity contribution in [2.75, 3.05) is 26.2 Å². The monoisotopic (exact) mass is 381 g/mol. The molecule has 0 bridgehead atoms. The zero-order valence-electron chi connectivity index (χ0n) is 16.2. The molecule has 0 radical (unpaired) electrons. The van der Waals surface area contributed by atoms with E-state index in [1.165, 1.54) is 6.92 Å². The average Bonchev–Trinajstić information content (AvgIpc) is 2.73. The van der Waals surface area contributed by atoms with Crippen LogP contribution in [0.25, 0.3) is 0 Å². The first-order valence-corrected chi connectivity index (χ1v) is 9.50. The minimum Gasteiger partial charge on any atom is -0.352 e. The smallest absolute Gasteiger partial charge is 0.251 e. The molecule has 2 aromatic carbocycles. The third-order valence-corrected chi connectivity index (χ3v) is 4.30. The van der Waals surface area contributed by atoms with Crippen LogP contribution < -0.4 is 10.6 Å². The van der Waals surface area contributed by atoms with Crippen molar-refractivity contribution in [3.05, 3.63) is 71.8 Å². The predicted octanol–water partition coefficient (Wildman–Crippen LogP) is 2.48. The number of carbonyl (C=O) groups excluding carboxylic acids is 3. The normalized spacial score (nSPS) is 10.2. The van der Waals surface area contributed by atoms with Crippen molar-refractivity contribution < 1.29 is 14.4 Å². The molecule has 28 heavy (non-hydrogen) atoms. The van der Waals surface area contributed by atoms with E-state index in [4.69, 9.17) is 0 Å². The molecular formula is C22H27N3O3. The zero-order chi connectivity index (χ0) is 20.2. The van der Waals surface area contributed by atoms with Gasteiger partial charge in [0.2, 0.25) is 5.91 Å². The van der Waals surface area contributed by atoms with Crippen LogP contribution in [0.4, 0.5) is 0 Å². The van der Waals surface area contributed by atoms with Gasteiger partial charge in [-0.3, -0.25) is 14.4 Å². The molecule has 3 amide bonds. The Morgan fingerprint density at radius 3 is 1.46 bits per heavy atom. The van der Waals surface area contributed by atoms with Gasteiger partial charge in [-0.1, -0.05) is 36.4 Å². The molecule has 6 nitrogen and oxygen atoms in total. The van der Waals surface area contributed by atoms with Crippen molar-refractivity contribution in [3.8, 4) is 0 Å². The summed E-state index contributed by atoms with van der Waals surface area (Å²) in [7, 11) is 0. The summed E-state index contributed by atoms with van der Waals surface area (Å²) in [5.74, 6) is -0.235. The fourth-order valence-electron chi connectivity index (χ4n) is 2.75. The molecule has 0 saturated carbocycles. The Labute approximate surface area is 165 Å². The van der Waals surface area contributed by atoms with Gasteiger partial charge in [0.15, 0.2) is 0 Å². The lowest BCUT2D eigenvalue weighted by atomic mass is 10.2. The van der Waals surface area contributed by atoms with Crippen molar-refractivity contribution in [3.63, 3.8) is 0 Å². The summed E-state index contributed by atoms with van der Waals surface area (Å²) in [6, 6.07) is 18.1. The van der Waals surface area contributed by atoms with Crippen molar-refractivity contribution in [2.45, 2.75) is 19.8 Å². The first-order chi connectivity index (χ1) is 13.6. The largest absolute Gasteiger partial charge is 0.352 e. The van der Waals surface area contributed by atoms with E-state index in [2.05, 4.69) is 10.6 Å². The highest BCUT2D eigenvalue weighted by molar-refractivity contribution is 5.94. The number of carbonyl (C=O) groups is 3. The van der Waals surface area contributed by atoms with Gasteiger partial charge in [0.25, 0.3) is 11.8 Å². The van der Waals surface area contributed by atoms with Gasteiger partial charge in [0.1, 0.15) is 0 Å². The second-order valence-corrected chi connectivity index (χ2v) is 6.46. The lowest BCUT2D eigenvalue weighted by Crippen LogP contribution is -2.35. The van der Waals surface area contributed by atoms with E-state index in [-0.39, 0.29) is 17.7 Å². The van der Waals surface area contributed by atoms with Gasteiger partial charge in [-0.25, -0.2) is 0 Å². The molecular weight excluding hydrogens is 354 g/mol. The fraction of sp³-hybridized carbons (Fsp3) is 0.318. The topological polar surface area (TPSA) is 78.5 Å². The molecule has 2 aromatic rings. The number of hydrogen-bond acceptors (Lipinski definition) is 3. The Morgan fingerprint density at radius 2 is 1.11 bits per heavy atom. The van der Waals surface area contributed by atoms with E-state index in [9.17, 15) is 14.4 Å². The Morgan fingerprint density at radius 1 is 0.714 bits per heavy atom. The third kappa shape index (κ3) is 7.23. The van der Waals surface area contributed by atoms with Crippen LogP contribution in [0.5, 0.6) is 0 Å². The minimum atomic E-state index is -0.112. The van der Waals surface area contributed by atoms with E-state index in [1.807, 2.05) is 36.4 Å². The molecule has 0 saturated heterocycles. The number of nitrogens with zero attached hydrogens (tertiary/aromatic N) is 1. The van der Waals surface area contributed by atoms with Gasteiger partial charge in [-0.2, -0.15) is 0 Å². The zero-order valence-corrected chi connectivity index (χ0v) is 16.2. The molecule has 0 aliphatic carbocycles. The molecule has 0 spiro atoms.